The molecule has 13 heteroatoms. The minimum atomic E-state index is -5.29. The molecule has 3 aliphatic heterocycles. The van der Waals surface area contributed by atoms with E-state index in [1.165, 1.54) is 0 Å². The van der Waals surface area contributed by atoms with E-state index in [1.54, 1.807) is 9.80 Å². The Morgan fingerprint density at radius 1 is 1.21 bits per heavy atom. The van der Waals surface area contributed by atoms with Crippen LogP contribution in [0.15, 0.2) is 23.1 Å². The molecule has 0 radical (unpaired) electrons. The van der Waals surface area contributed by atoms with Crippen LogP contribution in [0.3, 0.4) is 0 Å². The van der Waals surface area contributed by atoms with E-state index < -0.39 is 31.5 Å². The summed E-state index contributed by atoms with van der Waals surface area (Å²) in [7, 11) is -5.14. The van der Waals surface area contributed by atoms with Gasteiger partial charge in [-0.25, -0.2) is 18.2 Å². The van der Waals surface area contributed by atoms with Gasteiger partial charge in [-0.1, -0.05) is 0 Å². The predicted molar refractivity (Wildman–Crippen MR) is 108 cm³/mol. The fourth-order valence-electron chi connectivity index (χ4n) is 4.60. The SMILES string of the molecule is N=S(=O)(c1cc(F)cc(CC2CCN(C(=O)N3CC4(COCC(=O)N4)C3)CC2)c1)C(F)(F)F. The third-order valence-electron chi connectivity index (χ3n) is 6.27. The van der Waals surface area contributed by atoms with E-state index in [0.29, 0.717) is 51.7 Å². The molecule has 33 heavy (non-hydrogen) atoms. The zero-order valence-corrected chi connectivity index (χ0v) is 18.4. The van der Waals surface area contributed by atoms with Crippen LogP contribution in [-0.4, -0.2) is 76.4 Å². The smallest absolute Gasteiger partial charge is 0.369 e. The minimum absolute atomic E-state index is 0.00476. The molecule has 3 saturated heterocycles. The average molecular weight is 492 g/mol. The summed E-state index contributed by atoms with van der Waals surface area (Å²) in [6.45, 7) is 2.00. The number of alkyl halides is 3. The summed E-state index contributed by atoms with van der Waals surface area (Å²) in [6.07, 6.45) is 1.41. The number of hydrogen-bond acceptors (Lipinski definition) is 5. The monoisotopic (exact) mass is 492 g/mol. The summed E-state index contributed by atoms with van der Waals surface area (Å²) in [5.41, 5.74) is -5.56. The quantitative estimate of drug-likeness (QED) is 0.633. The van der Waals surface area contributed by atoms with Crippen molar-refractivity contribution in [1.29, 1.82) is 4.78 Å². The number of urea groups is 1. The maximum absolute atomic E-state index is 13.9. The number of likely N-dealkylation sites (tertiary alicyclic amines) is 2. The molecule has 0 aromatic heterocycles. The van der Waals surface area contributed by atoms with Crippen molar-refractivity contribution in [3.8, 4) is 0 Å². The van der Waals surface area contributed by atoms with E-state index in [4.69, 9.17) is 9.52 Å². The zero-order chi connectivity index (χ0) is 24.0. The number of carbonyl (C=O) groups is 2. The topological polar surface area (TPSA) is 103 Å². The second kappa shape index (κ2) is 8.42. The van der Waals surface area contributed by atoms with Crippen molar-refractivity contribution in [3.63, 3.8) is 0 Å². The van der Waals surface area contributed by atoms with Crippen molar-refractivity contribution < 1.29 is 36.1 Å². The number of nitrogens with zero attached hydrogens (tertiary/aromatic N) is 2. The Bertz CT molecular complexity index is 1050. The number of morpholine rings is 1. The first-order valence-electron chi connectivity index (χ1n) is 10.5. The first-order valence-corrected chi connectivity index (χ1v) is 12.0. The molecule has 8 nitrogen and oxygen atoms in total. The molecule has 1 unspecified atom stereocenters. The fourth-order valence-corrected chi connectivity index (χ4v) is 5.46. The molecule has 1 aromatic carbocycles. The molecular formula is C20H24F4N4O4S. The van der Waals surface area contributed by atoms with Crippen LogP contribution in [0, 0.1) is 16.5 Å². The van der Waals surface area contributed by atoms with Gasteiger partial charge in [0.2, 0.25) is 5.91 Å². The highest BCUT2D eigenvalue weighted by Crippen LogP contribution is 2.33. The molecule has 1 aromatic rings. The standard InChI is InChI=1S/C20H24F4N4O4S/c21-15-6-14(7-16(8-15)33(25,31)20(22,23)24)5-13-1-3-27(4-2-13)18(30)28-10-19(11-28)12-32-9-17(29)26-19/h6-8,13,25H,1-5,9-12H2,(H,26,29). The number of amides is 3. The molecule has 3 amide bonds. The third kappa shape index (κ3) is 4.79. The molecule has 0 saturated carbocycles. The molecule has 2 N–H and O–H groups in total. The first-order chi connectivity index (χ1) is 15.4. The van der Waals surface area contributed by atoms with Crippen LogP contribution in [0.1, 0.15) is 18.4 Å². The van der Waals surface area contributed by atoms with Crippen LogP contribution in [0.2, 0.25) is 0 Å². The average Bonchev–Trinajstić information content (AvgIpc) is 2.70. The Balaban J connectivity index is 1.32. The van der Waals surface area contributed by atoms with Gasteiger partial charge < -0.3 is 19.9 Å². The molecule has 3 fully saturated rings. The first kappa shape index (κ1) is 23.7. The van der Waals surface area contributed by atoms with Gasteiger partial charge in [0.05, 0.1) is 17.0 Å². The lowest BCUT2D eigenvalue weighted by atomic mass is 9.88. The summed E-state index contributed by atoms with van der Waals surface area (Å²) in [4.78, 5) is 26.7. The van der Waals surface area contributed by atoms with Crippen LogP contribution in [0.25, 0.3) is 0 Å². The summed E-state index contributed by atoms with van der Waals surface area (Å²) >= 11 is 0. The second-order valence-corrected chi connectivity index (χ2v) is 10.9. The number of carbonyl (C=O) groups excluding carboxylic acids is 2. The highest BCUT2D eigenvalue weighted by atomic mass is 32.2. The number of rotatable bonds is 3. The number of halogens is 4. The van der Waals surface area contributed by atoms with Crippen molar-refractivity contribution >= 4 is 21.7 Å². The molecule has 1 spiro atoms. The van der Waals surface area contributed by atoms with E-state index in [9.17, 15) is 31.4 Å². The molecule has 0 aliphatic carbocycles. The largest absolute Gasteiger partial charge is 0.483 e. The number of piperidine rings is 1. The molecule has 3 heterocycles. The Morgan fingerprint density at radius 3 is 2.48 bits per heavy atom. The fraction of sp³-hybridized carbons (Fsp3) is 0.600. The van der Waals surface area contributed by atoms with Gasteiger partial charge >= 0.3 is 11.5 Å². The van der Waals surface area contributed by atoms with Crippen molar-refractivity contribution in [2.24, 2.45) is 5.92 Å². The van der Waals surface area contributed by atoms with Crippen LogP contribution in [0.5, 0.6) is 0 Å². The van der Waals surface area contributed by atoms with Gasteiger partial charge in [0.15, 0.2) is 9.73 Å². The van der Waals surface area contributed by atoms with Gasteiger partial charge in [0.1, 0.15) is 12.4 Å². The normalized spacial score (nSPS) is 23.1. The lowest BCUT2D eigenvalue weighted by Crippen LogP contribution is -2.76. The Morgan fingerprint density at radius 2 is 1.88 bits per heavy atom. The Kier molecular flexibility index (Phi) is 6.06. The maximum atomic E-state index is 13.9. The van der Waals surface area contributed by atoms with Crippen LogP contribution in [-0.2, 0) is 25.7 Å². The van der Waals surface area contributed by atoms with Crippen molar-refractivity contribution in [3.05, 3.63) is 29.6 Å². The van der Waals surface area contributed by atoms with Crippen LogP contribution >= 0.6 is 0 Å². The lowest BCUT2D eigenvalue weighted by Gasteiger charge is -2.52. The van der Waals surface area contributed by atoms with Crippen LogP contribution in [0.4, 0.5) is 22.4 Å². The van der Waals surface area contributed by atoms with Crippen molar-refractivity contribution in [2.75, 3.05) is 39.4 Å². The van der Waals surface area contributed by atoms with Crippen molar-refractivity contribution in [2.45, 2.75) is 35.2 Å². The summed E-state index contributed by atoms with van der Waals surface area (Å²) in [6, 6.07) is 2.43. The highest BCUT2D eigenvalue weighted by Gasteiger charge is 2.49. The van der Waals surface area contributed by atoms with Gasteiger partial charge in [0.25, 0.3) is 0 Å². The van der Waals surface area contributed by atoms with Crippen molar-refractivity contribution in [1.82, 2.24) is 15.1 Å². The molecule has 3 aliphatic rings. The van der Waals surface area contributed by atoms with Gasteiger partial charge in [-0.2, -0.15) is 13.2 Å². The van der Waals surface area contributed by atoms with Gasteiger partial charge in [-0.15, -0.1) is 0 Å². The number of hydrogen-bond donors (Lipinski definition) is 2. The van der Waals surface area contributed by atoms with E-state index in [2.05, 4.69) is 5.32 Å². The second-order valence-electron chi connectivity index (χ2n) is 8.89. The van der Waals surface area contributed by atoms with E-state index in [1.807, 2.05) is 0 Å². The molecule has 182 valence electrons. The summed E-state index contributed by atoms with van der Waals surface area (Å²) < 4.78 is 77.0. The molecular weight excluding hydrogens is 468 g/mol. The van der Waals surface area contributed by atoms with Crippen LogP contribution < -0.4 is 5.32 Å². The Labute approximate surface area is 188 Å². The summed E-state index contributed by atoms with van der Waals surface area (Å²) in [5, 5.41) is 2.87. The number of nitrogens with one attached hydrogen (secondary N) is 2. The molecule has 1 atom stereocenters. The predicted octanol–water partition coefficient (Wildman–Crippen LogP) is 2.33. The minimum Gasteiger partial charge on any atom is -0.369 e. The van der Waals surface area contributed by atoms with E-state index in [0.717, 1.165) is 12.1 Å². The maximum Gasteiger partial charge on any atom is 0.483 e. The highest BCUT2D eigenvalue weighted by molar-refractivity contribution is 7.93. The van der Waals surface area contributed by atoms with Gasteiger partial charge in [-0.3, -0.25) is 4.79 Å². The summed E-state index contributed by atoms with van der Waals surface area (Å²) in [5.74, 6) is -1.17. The van der Waals surface area contributed by atoms with E-state index >= 15 is 0 Å². The lowest BCUT2D eigenvalue weighted by molar-refractivity contribution is -0.141. The molecule has 4 rings (SSSR count). The zero-order valence-electron chi connectivity index (χ0n) is 17.6. The van der Waals surface area contributed by atoms with E-state index in [-0.39, 0.29) is 36.4 Å². The number of ether oxygens (including phenoxy) is 1. The third-order valence-corrected chi connectivity index (χ3v) is 7.82. The Hall–Kier alpha value is -2.41. The van der Waals surface area contributed by atoms with Gasteiger partial charge in [-0.05, 0) is 48.9 Å². The number of benzene rings is 1. The van der Waals surface area contributed by atoms with Gasteiger partial charge in [0, 0.05) is 26.2 Å². The molecule has 0 bridgehead atoms.